The highest BCUT2D eigenvalue weighted by atomic mass is 16.5. The number of ether oxygens (including phenoxy) is 1. The summed E-state index contributed by atoms with van der Waals surface area (Å²) in [7, 11) is 2.05. The van der Waals surface area contributed by atoms with Gasteiger partial charge in [-0.1, -0.05) is 39.3 Å². The lowest BCUT2D eigenvalue weighted by Crippen LogP contribution is -2.62. The molecule has 0 saturated heterocycles. The Kier molecular flexibility index (Phi) is 4.51. The van der Waals surface area contributed by atoms with Gasteiger partial charge in [-0.2, -0.15) is 0 Å². The molecule has 3 unspecified atom stereocenters. The molecule has 1 aromatic rings. The molecule has 1 aliphatic carbocycles. The van der Waals surface area contributed by atoms with Crippen LogP contribution in [0.1, 0.15) is 45.6 Å². The van der Waals surface area contributed by atoms with Gasteiger partial charge in [0, 0.05) is 17.9 Å². The van der Waals surface area contributed by atoms with Crippen LogP contribution in [0.2, 0.25) is 0 Å². The van der Waals surface area contributed by atoms with Gasteiger partial charge in [-0.25, -0.2) is 0 Å². The molecule has 19 heavy (non-hydrogen) atoms. The molecule has 1 aromatic carbocycles. The fourth-order valence-corrected chi connectivity index (χ4v) is 3.11. The first-order valence-corrected chi connectivity index (χ1v) is 7.57. The maximum atomic E-state index is 6.18. The van der Waals surface area contributed by atoms with Crippen LogP contribution in [0.3, 0.4) is 0 Å². The third-order valence-electron chi connectivity index (χ3n) is 4.83. The SMILES string of the molecule is CCCc1ccc(OC2CC(NC)C2(C)CC)cc1. The van der Waals surface area contributed by atoms with Crippen molar-refractivity contribution in [2.75, 3.05) is 7.05 Å². The molecule has 0 aromatic heterocycles. The lowest BCUT2D eigenvalue weighted by atomic mass is 9.61. The minimum Gasteiger partial charge on any atom is -0.490 e. The Labute approximate surface area is 117 Å². The van der Waals surface area contributed by atoms with Gasteiger partial charge in [0.2, 0.25) is 0 Å². The first kappa shape index (κ1) is 14.4. The molecule has 1 saturated carbocycles. The van der Waals surface area contributed by atoms with Crippen molar-refractivity contribution in [2.45, 2.75) is 58.6 Å². The molecule has 0 heterocycles. The molecule has 3 atom stereocenters. The molecule has 0 radical (unpaired) electrons. The van der Waals surface area contributed by atoms with Crippen LogP contribution in [-0.4, -0.2) is 19.2 Å². The summed E-state index contributed by atoms with van der Waals surface area (Å²) in [5, 5.41) is 3.40. The first-order valence-electron chi connectivity index (χ1n) is 7.57. The Morgan fingerprint density at radius 1 is 1.26 bits per heavy atom. The first-order chi connectivity index (χ1) is 9.13. The van der Waals surface area contributed by atoms with E-state index in [0.717, 1.165) is 25.0 Å². The van der Waals surface area contributed by atoms with E-state index in [1.807, 2.05) is 7.05 Å². The van der Waals surface area contributed by atoms with Crippen molar-refractivity contribution in [3.05, 3.63) is 29.8 Å². The number of hydrogen-bond donors (Lipinski definition) is 1. The largest absolute Gasteiger partial charge is 0.490 e. The zero-order valence-corrected chi connectivity index (χ0v) is 12.7. The van der Waals surface area contributed by atoms with Crippen LogP contribution in [0.4, 0.5) is 0 Å². The Bertz CT molecular complexity index is 400. The van der Waals surface area contributed by atoms with Gasteiger partial charge in [0.15, 0.2) is 0 Å². The quantitative estimate of drug-likeness (QED) is 0.841. The maximum absolute atomic E-state index is 6.18. The van der Waals surface area contributed by atoms with Gasteiger partial charge >= 0.3 is 0 Å². The monoisotopic (exact) mass is 261 g/mol. The third kappa shape index (κ3) is 2.79. The van der Waals surface area contributed by atoms with Crippen molar-refractivity contribution in [1.82, 2.24) is 5.32 Å². The minimum absolute atomic E-state index is 0.261. The Morgan fingerprint density at radius 2 is 1.95 bits per heavy atom. The summed E-state index contributed by atoms with van der Waals surface area (Å²) in [5.41, 5.74) is 1.66. The maximum Gasteiger partial charge on any atom is 0.119 e. The predicted octanol–water partition coefficient (Wildman–Crippen LogP) is 3.79. The molecule has 0 amide bonds. The van der Waals surface area contributed by atoms with E-state index in [9.17, 15) is 0 Å². The van der Waals surface area contributed by atoms with Gasteiger partial charge in [0.1, 0.15) is 11.9 Å². The number of rotatable bonds is 6. The highest BCUT2D eigenvalue weighted by Gasteiger charge is 2.51. The zero-order valence-electron chi connectivity index (χ0n) is 12.7. The summed E-state index contributed by atoms with van der Waals surface area (Å²) in [6, 6.07) is 9.20. The van der Waals surface area contributed by atoms with Crippen LogP contribution >= 0.6 is 0 Å². The molecule has 1 fully saturated rings. The smallest absolute Gasteiger partial charge is 0.119 e. The van der Waals surface area contributed by atoms with Gasteiger partial charge in [-0.15, -0.1) is 0 Å². The molecule has 0 spiro atoms. The van der Waals surface area contributed by atoms with Crippen molar-refractivity contribution in [1.29, 1.82) is 0 Å². The Morgan fingerprint density at radius 3 is 2.47 bits per heavy atom. The number of nitrogens with one attached hydrogen (secondary N) is 1. The van der Waals surface area contributed by atoms with Crippen LogP contribution < -0.4 is 10.1 Å². The minimum atomic E-state index is 0.261. The molecule has 106 valence electrons. The number of aryl methyl sites for hydroxylation is 1. The van der Waals surface area contributed by atoms with Crippen LogP contribution in [-0.2, 0) is 6.42 Å². The van der Waals surface area contributed by atoms with E-state index in [1.54, 1.807) is 0 Å². The van der Waals surface area contributed by atoms with Gasteiger partial charge < -0.3 is 10.1 Å². The fourth-order valence-electron chi connectivity index (χ4n) is 3.11. The second-order valence-electron chi connectivity index (χ2n) is 5.94. The molecule has 2 nitrogen and oxygen atoms in total. The summed E-state index contributed by atoms with van der Waals surface area (Å²) in [5.74, 6) is 1.01. The van der Waals surface area contributed by atoms with E-state index in [0.29, 0.717) is 12.1 Å². The van der Waals surface area contributed by atoms with E-state index in [1.165, 1.54) is 12.0 Å². The molecule has 1 N–H and O–H groups in total. The topological polar surface area (TPSA) is 21.3 Å². The molecule has 2 rings (SSSR count). The van der Waals surface area contributed by atoms with E-state index in [4.69, 9.17) is 4.74 Å². The molecule has 0 bridgehead atoms. The molecular formula is C17H27NO. The average molecular weight is 261 g/mol. The molecule has 2 heteroatoms. The third-order valence-corrected chi connectivity index (χ3v) is 4.83. The summed E-state index contributed by atoms with van der Waals surface area (Å²) >= 11 is 0. The van der Waals surface area contributed by atoms with Crippen LogP contribution in [0.15, 0.2) is 24.3 Å². The highest BCUT2D eigenvalue weighted by Crippen LogP contribution is 2.45. The average Bonchev–Trinajstić information content (AvgIpc) is 2.44. The van der Waals surface area contributed by atoms with Gasteiger partial charge in [0.05, 0.1) is 0 Å². The lowest BCUT2D eigenvalue weighted by molar-refractivity contribution is -0.0677. The molecular weight excluding hydrogens is 234 g/mol. The van der Waals surface area contributed by atoms with E-state index < -0.39 is 0 Å². The van der Waals surface area contributed by atoms with Crippen molar-refractivity contribution >= 4 is 0 Å². The predicted molar refractivity (Wildman–Crippen MR) is 80.7 cm³/mol. The second-order valence-corrected chi connectivity index (χ2v) is 5.94. The van der Waals surface area contributed by atoms with Gasteiger partial charge in [0.25, 0.3) is 0 Å². The van der Waals surface area contributed by atoms with Crippen molar-refractivity contribution in [3.8, 4) is 5.75 Å². The fraction of sp³-hybridized carbons (Fsp3) is 0.647. The van der Waals surface area contributed by atoms with E-state index in [-0.39, 0.29) is 5.41 Å². The summed E-state index contributed by atoms with van der Waals surface area (Å²) in [6.07, 6.45) is 4.94. The number of hydrogen-bond acceptors (Lipinski definition) is 2. The van der Waals surface area contributed by atoms with Crippen molar-refractivity contribution in [2.24, 2.45) is 5.41 Å². The van der Waals surface area contributed by atoms with Crippen molar-refractivity contribution in [3.63, 3.8) is 0 Å². The Hall–Kier alpha value is -1.02. The second kappa shape index (κ2) is 5.96. The lowest BCUT2D eigenvalue weighted by Gasteiger charge is -2.53. The zero-order chi connectivity index (χ0) is 13.9. The van der Waals surface area contributed by atoms with Crippen molar-refractivity contribution < 1.29 is 4.74 Å². The normalized spacial score (nSPS) is 29.9. The van der Waals surface area contributed by atoms with Gasteiger partial charge in [-0.3, -0.25) is 0 Å². The summed E-state index contributed by atoms with van der Waals surface area (Å²) < 4.78 is 6.18. The van der Waals surface area contributed by atoms with E-state index >= 15 is 0 Å². The molecule has 1 aliphatic rings. The van der Waals surface area contributed by atoms with Crippen LogP contribution in [0.5, 0.6) is 5.75 Å². The summed E-state index contributed by atoms with van der Waals surface area (Å²) in [4.78, 5) is 0. The number of benzene rings is 1. The van der Waals surface area contributed by atoms with Gasteiger partial charge in [-0.05, 0) is 37.6 Å². The molecule has 0 aliphatic heterocycles. The standard InChI is InChI=1S/C17H27NO/c1-5-7-13-8-10-14(11-9-13)19-16-12-15(18-4)17(16,3)6-2/h8-11,15-16,18H,5-7,12H2,1-4H3. The Balaban J connectivity index is 1.98. The van der Waals surface area contributed by atoms with Crippen LogP contribution in [0, 0.1) is 5.41 Å². The highest BCUT2D eigenvalue weighted by molar-refractivity contribution is 5.28. The van der Waals surface area contributed by atoms with Crippen LogP contribution in [0.25, 0.3) is 0 Å². The summed E-state index contributed by atoms with van der Waals surface area (Å²) in [6.45, 7) is 6.79. The van der Waals surface area contributed by atoms with E-state index in [2.05, 4.69) is 50.4 Å².